The summed E-state index contributed by atoms with van der Waals surface area (Å²) < 4.78 is 0. The highest BCUT2D eigenvalue weighted by Crippen LogP contribution is 2.30. The lowest BCUT2D eigenvalue weighted by Crippen LogP contribution is -2.39. The first-order valence-electron chi connectivity index (χ1n) is 8.70. The van der Waals surface area contributed by atoms with E-state index >= 15 is 0 Å². The number of nitrogens with one attached hydrogen (secondary N) is 1. The van der Waals surface area contributed by atoms with E-state index in [0.29, 0.717) is 18.2 Å². The van der Waals surface area contributed by atoms with Gasteiger partial charge in [-0.15, -0.1) is 0 Å². The van der Waals surface area contributed by atoms with Gasteiger partial charge >= 0.3 is 0 Å². The van der Waals surface area contributed by atoms with E-state index in [9.17, 15) is 9.59 Å². The van der Waals surface area contributed by atoms with Crippen molar-refractivity contribution in [2.24, 2.45) is 5.92 Å². The predicted molar refractivity (Wildman–Crippen MR) is 97.7 cm³/mol. The van der Waals surface area contributed by atoms with Crippen molar-refractivity contribution >= 4 is 28.3 Å². The molecule has 1 N–H and O–H groups in total. The normalized spacial score (nSPS) is 19.1. The Morgan fingerprint density at radius 3 is 2.96 bits per heavy atom. The van der Waals surface area contributed by atoms with Crippen LogP contribution < -0.4 is 5.32 Å². The van der Waals surface area contributed by atoms with Gasteiger partial charge in [-0.3, -0.25) is 19.9 Å². The van der Waals surface area contributed by atoms with Gasteiger partial charge in [0.25, 0.3) is 5.91 Å². The summed E-state index contributed by atoms with van der Waals surface area (Å²) in [6.45, 7) is 1.26. The molecular formula is C18H19N5O2S. The standard InChI is InChI=1S/C18H19N5O2S/c24-16(14-10-19-7-8-20-14)22-18-21-13-6-9-23(11-15(13)26-18)17(25)12-4-2-1-3-5-12/h1-2,7-8,10,12H,3-6,9,11H2,(H,21,22,24)/t12-/m0/s1. The van der Waals surface area contributed by atoms with Crippen molar-refractivity contribution < 1.29 is 9.59 Å². The number of carbonyl (C=O) groups excluding carboxylic acids is 2. The van der Waals surface area contributed by atoms with Crippen molar-refractivity contribution in [1.82, 2.24) is 19.9 Å². The Bertz CT molecular complexity index is 849. The minimum Gasteiger partial charge on any atom is -0.337 e. The number of hydrogen-bond acceptors (Lipinski definition) is 6. The van der Waals surface area contributed by atoms with E-state index in [1.165, 1.54) is 29.9 Å². The number of amides is 2. The van der Waals surface area contributed by atoms with E-state index in [2.05, 4.69) is 32.4 Å². The first-order chi connectivity index (χ1) is 12.7. The second-order valence-electron chi connectivity index (χ2n) is 6.42. The number of allylic oxidation sites excluding steroid dienone is 2. The van der Waals surface area contributed by atoms with Crippen molar-refractivity contribution in [2.75, 3.05) is 11.9 Å². The summed E-state index contributed by atoms with van der Waals surface area (Å²) in [4.78, 5) is 40.3. The van der Waals surface area contributed by atoms with Crippen LogP contribution in [-0.2, 0) is 17.8 Å². The molecule has 8 heteroatoms. The molecule has 0 saturated heterocycles. The lowest BCUT2D eigenvalue weighted by atomic mass is 9.92. The van der Waals surface area contributed by atoms with Crippen LogP contribution in [0.3, 0.4) is 0 Å². The average molecular weight is 369 g/mol. The number of rotatable bonds is 3. The third kappa shape index (κ3) is 3.50. The molecule has 0 spiro atoms. The Kier molecular flexibility index (Phi) is 4.75. The van der Waals surface area contributed by atoms with Gasteiger partial charge in [-0.25, -0.2) is 9.97 Å². The van der Waals surface area contributed by atoms with Crippen LogP contribution in [0.5, 0.6) is 0 Å². The molecule has 0 unspecified atom stereocenters. The van der Waals surface area contributed by atoms with E-state index in [4.69, 9.17) is 0 Å². The molecule has 134 valence electrons. The highest BCUT2D eigenvalue weighted by atomic mass is 32.1. The molecule has 26 heavy (non-hydrogen) atoms. The summed E-state index contributed by atoms with van der Waals surface area (Å²) in [5, 5.41) is 3.32. The fraction of sp³-hybridized carbons (Fsp3) is 0.389. The monoisotopic (exact) mass is 369 g/mol. The molecular weight excluding hydrogens is 350 g/mol. The van der Waals surface area contributed by atoms with E-state index < -0.39 is 0 Å². The lowest BCUT2D eigenvalue weighted by molar-refractivity contribution is -0.136. The molecule has 4 rings (SSSR count). The third-order valence-corrected chi connectivity index (χ3v) is 5.68. The van der Waals surface area contributed by atoms with Gasteiger partial charge in [0.05, 0.1) is 18.4 Å². The molecule has 1 aliphatic heterocycles. The van der Waals surface area contributed by atoms with Crippen LogP contribution in [-0.4, -0.2) is 38.2 Å². The Hall–Kier alpha value is -2.61. The van der Waals surface area contributed by atoms with E-state index in [-0.39, 0.29) is 23.4 Å². The van der Waals surface area contributed by atoms with Crippen LogP contribution in [0.4, 0.5) is 5.13 Å². The Morgan fingerprint density at radius 1 is 1.27 bits per heavy atom. The lowest BCUT2D eigenvalue weighted by Gasteiger charge is -2.30. The maximum atomic E-state index is 12.7. The van der Waals surface area contributed by atoms with Crippen molar-refractivity contribution in [2.45, 2.75) is 32.2 Å². The zero-order valence-corrected chi connectivity index (χ0v) is 15.0. The molecule has 7 nitrogen and oxygen atoms in total. The van der Waals surface area contributed by atoms with Crippen molar-refractivity contribution in [1.29, 1.82) is 0 Å². The Balaban J connectivity index is 1.43. The topological polar surface area (TPSA) is 88.1 Å². The first kappa shape index (κ1) is 16.8. The molecule has 3 heterocycles. The summed E-state index contributed by atoms with van der Waals surface area (Å²) in [5.74, 6) is 0.00923. The van der Waals surface area contributed by atoms with Gasteiger partial charge in [-0.05, 0) is 19.3 Å². The molecule has 2 aliphatic rings. The van der Waals surface area contributed by atoms with Gasteiger partial charge in [0.15, 0.2) is 5.13 Å². The minimum atomic E-state index is -0.328. The maximum Gasteiger partial charge on any atom is 0.277 e. The molecule has 2 aromatic rings. The van der Waals surface area contributed by atoms with Gasteiger partial charge < -0.3 is 4.90 Å². The summed E-state index contributed by atoms with van der Waals surface area (Å²) in [6, 6.07) is 0. The molecule has 0 aromatic carbocycles. The number of aromatic nitrogens is 3. The van der Waals surface area contributed by atoms with E-state index in [0.717, 1.165) is 36.3 Å². The number of thiazole rings is 1. The fourth-order valence-electron chi connectivity index (χ4n) is 3.29. The molecule has 0 radical (unpaired) electrons. The highest BCUT2D eigenvalue weighted by molar-refractivity contribution is 7.15. The number of hydrogen-bond donors (Lipinski definition) is 1. The van der Waals surface area contributed by atoms with E-state index in [1.54, 1.807) is 0 Å². The summed E-state index contributed by atoms with van der Waals surface area (Å²) in [7, 11) is 0. The van der Waals surface area contributed by atoms with Gasteiger partial charge in [0, 0.05) is 36.2 Å². The quantitative estimate of drug-likeness (QED) is 0.840. The summed E-state index contributed by atoms with van der Waals surface area (Å²) in [6.07, 6.45) is 12.1. The molecule has 0 saturated carbocycles. The van der Waals surface area contributed by atoms with Gasteiger partial charge in [0.2, 0.25) is 5.91 Å². The first-order valence-corrected chi connectivity index (χ1v) is 9.52. The number of nitrogens with zero attached hydrogens (tertiary/aromatic N) is 4. The molecule has 2 amide bonds. The maximum absolute atomic E-state index is 12.7. The van der Waals surface area contributed by atoms with Crippen LogP contribution in [0.1, 0.15) is 40.3 Å². The van der Waals surface area contributed by atoms with Crippen molar-refractivity contribution in [3.05, 3.63) is 47.0 Å². The number of anilines is 1. The molecule has 0 bridgehead atoms. The van der Waals surface area contributed by atoms with Crippen LogP contribution in [0.2, 0.25) is 0 Å². The molecule has 0 fully saturated rings. The molecule has 1 atom stereocenters. The SMILES string of the molecule is O=C(Nc1nc2c(s1)CN(C(=O)[C@H]1CC=CCC1)CC2)c1cnccn1. The Labute approximate surface area is 155 Å². The summed E-state index contributed by atoms with van der Waals surface area (Å²) >= 11 is 1.43. The zero-order chi connectivity index (χ0) is 17.9. The van der Waals surface area contributed by atoms with E-state index in [1.807, 2.05) is 4.90 Å². The van der Waals surface area contributed by atoms with Gasteiger partial charge in [0.1, 0.15) is 5.69 Å². The zero-order valence-electron chi connectivity index (χ0n) is 14.2. The highest BCUT2D eigenvalue weighted by Gasteiger charge is 2.29. The van der Waals surface area contributed by atoms with Crippen LogP contribution in [0, 0.1) is 5.92 Å². The minimum absolute atomic E-state index is 0.102. The molecule has 1 aliphatic carbocycles. The molecule has 2 aromatic heterocycles. The third-order valence-electron chi connectivity index (χ3n) is 4.68. The second kappa shape index (κ2) is 7.33. The van der Waals surface area contributed by atoms with Crippen LogP contribution >= 0.6 is 11.3 Å². The van der Waals surface area contributed by atoms with Crippen molar-refractivity contribution in [3.8, 4) is 0 Å². The van der Waals surface area contributed by atoms with Gasteiger partial charge in [-0.1, -0.05) is 23.5 Å². The van der Waals surface area contributed by atoms with Crippen LogP contribution in [0.15, 0.2) is 30.7 Å². The fourth-order valence-corrected chi connectivity index (χ4v) is 4.31. The Morgan fingerprint density at radius 2 is 2.19 bits per heavy atom. The smallest absolute Gasteiger partial charge is 0.277 e. The van der Waals surface area contributed by atoms with Crippen molar-refractivity contribution in [3.63, 3.8) is 0 Å². The second-order valence-corrected chi connectivity index (χ2v) is 7.51. The summed E-state index contributed by atoms with van der Waals surface area (Å²) in [5.41, 5.74) is 1.22. The average Bonchev–Trinajstić information content (AvgIpc) is 3.10. The number of fused-ring (bicyclic) bond motifs is 1. The van der Waals surface area contributed by atoms with Crippen LogP contribution in [0.25, 0.3) is 0 Å². The number of carbonyl (C=O) groups is 2. The predicted octanol–water partition coefficient (Wildman–Crippen LogP) is 2.43. The van der Waals surface area contributed by atoms with Gasteiger partial charge in [-0.2, -0.15) is 0 Å². The largest absolute Gasteiger partial charge is 0.337 e.